The van der Waals surface area contributed by atoms with Gasteiger partial charge in [-0.1, -0.05) is 6.07 Å². The van der Waals surface area contributed by atoms with Gasteiger partial charge in [0.2, 0.25) is 0 Å². The van der Waals surface area contributed by atoms with Crippen molar-refractivity contribution in [2.45, 2.75) is 26.1 Å². The molecular weight excluding hydrogens is 467 g/mol. The first-order valence-electron chi connectivity index (χ1n) is 10.2. The van der Waals surface area contributed by atoms with Crippen LogP contribution in [0.15, 0.2) is 59.5 Å². The number of halogens is 3. The van der Waals surface area contributed by atoms with Crippen LogP contribution in [0.3, 0.4) is 0 Å². The van der Waals surface area contributed by atoms with Gasteiger partial charge in [0.25, 0.3) is 11.7 Å². The second-order valence-corrected chi connectivity index (χ2v) is 8.81. The highest BCUT2D eigenvalue weighted by Gasteiger charge is 2.48. The summed E-state index contributed by atoms with van der Waals surface area (Å²) in [5.74, 6) is -1.83. The first-order valence-corrected chi connectivity index (χ1v) is 11.1. The number of hydrogen-bond acceptors (Lipinski definition) is 5. The Kier molecular flexibility index (Phi) is 5.99. The van der Waals surface area contributed by atoms with E-state index in [1.807, 2.05) is 0 Å². The molecule has 1 aliphatic heterocycles. The number of carbonyl (C=O) groups excluding carboxylic acids is 2. The summed E-state index contributed by atoms with van der Waals surface area (Å²) >= 11 is 1.25. The summed E-state index contributed by atoms with van der Waals surface area (Å²) in [5, 5.41) is 13.0. The van der Waals surface area contributed by atoms with Gasteiger partial charge in [0, 0.05) is 16.1 Å². The average Bonchev–Trinajstić information content (AvgIpc) is 3.33. The van der Waals surface area contributed by atoms with Gasteiger partial charge in [0.15, 0.2) is 0 Å². The lowest BCUT2D eigenvalue weighted by molar-refractivity contribution is -0.137. The second kappa shape index (κ2) is 8.64. The number of hydrogen-bond donors (Lipinski definition) is 1. The minimum atomic E-state index is -4.63. The number of aliphatic hydroxyl groups is 1. The number of aryl methyl sites for hydroxylation is 2. The van der Waals surface area contributed by atoms with E-state index in [2.05, 4.69) is 0 Å². The van der Waals surface area contributed by atoms with Gasteiger partial charge in [-0.05, 0) is 72.8 Å². The number of anilines is 1. The fraction of sp³-hybridized carbons (Fsp3) is 0.200. The molecule has 1 aromatic heterocycles. The summed E-state index contributed by atoms with van der Waals surface area (Å²) in [6, 6.07) is 9.80. The number of Topliss-reactive ketones (excluding diaryl/α,β-unsaturated/α-hetero) is 1. The zero-order valence-electron chi connectivity index (χ0n) is 18.4. The number of aliphatic hydroxyl groups excluding tert-OH is 1. The van der Waals surface area contributed by atoms with Gasteiger partial charge in [-0.2, -0.15) is 13.2 Å². The lowest BCUT2D eigenvalue weighted by atomic mass is 9.96. The molecule has 1 fully saturated rings. The van der Waals surface area contributed by atoms with E-state index in [1.54, 1.807) is 43.5 Å². The molecule has 1 N–H and O–H groups in total. The van der Waals surface area contributed by atoms with Crippen molar-refractivity contribution in [3.8, 4) is 5.75 Å². The third-order valence-electron chi connectivity index (χ3n) is 5.73. The Labute approximate surface area is 197 Å². The molecule has 1 aliphatic rings. The normalized spacial score (nSPS) is 17.9. The van der Waals surface area contributed by atoms with Crippen LogP contribution in [0.1, 0.15) is 33.2 Å². The van der Waals surface area contributed by atoms with Crippen molar-refractivity contribution in [2.24, 2.45) is 0 Å². The van der Waals surface area contributed by atoms with Crippen molar-refractivity contribution < 1.29 is 32.6 Å². The minimum Gasteiger partial charge on any atom is -0.507 e. The number of methoxy groups -OCH3 is 1. The molecule has 176 valence electrons. The van der Waals surface area contributed by atoms with Crippen molar-refractivity contribution in [1.29, 1.82) is 0 Å². The first kappa shape index (κ1) is 23.6. The number of rotatable bonds is 4. The van der Waals surface area contributed by atoms with Gasteiger partial charge in [0.1, 0.15) is 17.6 Å². The Bertz CT molecular complexity index is 1330. The molecule has 5 nitrogen and oxygen atoms in total. The highest BCUT2D eigenvalue weighted by Crippen LogP contribution is 2.46. The summed E-state index contributed by atoms with van der Waals surface area (Å²) in [5.41, 5.74) is 0.457. The summed E-state index contributed by atoms with van der Waals surface area (Å²) in [7, 11) is 1.49. The van der Waals surface area contributed by atoms with E-state index >= 15 is 0 Å². The van der Waals surface area contributed by atoms with E-state index in [9.17, 15) is 27.9 Å². The van der Waals surface area contributed by atoms with Crippen LogP contribution in [0.5, 0.6) is 5.75 Å². The highest BCUT2D eigenvalue weighted by molar-refractivity contribution is 7.10. The number of ketones is 1. The number of benzene rings is 2. The van der Waals surface area contributed by atoms with Gasteiger partial charge < -0.3 is 9.84 Å². The van der Waals surface area contributed by atoms with E-state index in [1.165, 1.54) is 30.6 Å². The van der Waals surface area contributed by atoms with Gasteiger partial charge in [-0.3, -0.25) is 14.5 Å². The van der Waals surface area contributed by atoms with Crippen LogP contribution in [0, 0.1) is 13.8 Å². The van der Waals surface area contributed by atoms with Crippen LogP contribution < -0.4 is 9.64 Å². The molecule has 9 heteroatoms. The molecule has 0 aliphatic carbocycles. The quantitative estimate of drug-likeness (QED) is 0.278. The van der Waals surface area contributed by atoms with Crippen LogP contribution in [-0.2, 0) is 15.8 Å². The Morgan fingerprint density at radius 2 is 1.79 bits per heavy atom. The van der Waals surface area contributed by atoms with Crippen molar-refractivity contribution in [3.63, 3.8) is 0 Å². The molecule has 0 bridgehead atoms. The van der Waals surface area contributed by atoms with E-state index in [0.717, 1.165) is 22.6 Å². The molecule has 0 saturated carbocycles. The predicted molar refractivity (Wildman–Crippen MR) is 123 cm³/mol. The van der Waals surface area contributed by atoms with Gasteiger partial charge in [0.05, 0.1) is 18.2 Å². The standard InChI is InChI=1S/C25H20F3NO4S/c1-13-9-10-34-23(13)20-19(21(30)18-8-7-17(33-3)11-14(18)2)22(31)24(32)29(20)16-6-4-5-15(12-16)25(26,27)28/h4-12,20,30H,1-3H3/b21-19+. The summed E-state index contributed by atoms with van der Waals surface area (Å²) in [6.07, 6.45) is -4.63. The van der Waals surface area contributed by atoms with Gasteiger partial charge in [-0.25, -0.2) is 0 Å². The number of alkyl halides is 3. The SMILES string of the molecule is COc1ccc(/C(O)=C2\C(=O)C(=O)N(c3cccc(C(F)(F)F)c3)C2c2sccc2C)c(C)c1. The zero-order valence-corrected chi connectivity index (χ0v) is 19.3. The average molecular weight is 487 g/mol. The first-order chi connectivity index (χ1) is 16.0. The monoisotopic (exact) mass is 487 g/mol. The largest absolute Gasteiger partial charge is 0.507 e. The van der Waals surface area contributed by atoms with Crippen molar-refractivity contribution in [3.05, 3.63) is 86.6 Å². The molecule has 34 heavy (non-hydrogen) atoms. The van der Waals surface area contributed by atoms with E-state index in [-0.39, 0.29) is 11.3 Å². The third kappa shape index (κ3) is 3.96. The van der Waals surface area contributed by atoms with Crippen molar-refractivity contribution in [1.82, 2.24) is 0 Å². The zero-order chi connectivity index (χ0) is 24.8. The van der Waals surface area contributed by atoms with E-state index in [4.69, 9.17) is 4.74 Å². The molecular formula is C25H20F3NO4S. The molecule has 1 saturated heterocycles. The van der Waals surface area contributed by atoms with Gasteiger partial charge in [-0.15, -0.1) is 11.3 Å². The topological polar surface area (TPSA) is 66.8 Å². The maximum absolute atomic E-state index is 13.4. The Hall–Kier alpha value is -3.59. The number of ether oxygens (including phenoxy) is 1. The Morgan fingerprint density at radius 1 is 1.06 bits per heavy atom. The third-order valence-corrected chi connectivity index (χ3v) is 6.81. The lowest BCUT2D eigenvalue weighted by Gasteiger charge is -2.25. The summed E-state index contributed by atoms with van der Waals surface area (Å²) in [6.45, 7) is 3.49. The number of carbonyl (C=O) groups is 2. The number of nitrogens with zero attached hydrogens (tertiary/aromatic N) is 1. The van der Waals surface area contributed by atoms with Crippen LogP contribution in [0.25, 0.3) is 5.76 Å². The second-order valence-electron chi connectivity index (χ2n) is 7.87. The van der Waals surface area contributed by atoms with E-state index in [0.29, 0.717) is 21.8 Å². The maximum atomic E-state index is 13.4. The molecule has 0 spiro atoms. The molecule has 1 atom stereocenters. The smallest absolute Gasteiger partial charge is 0.416 e. The molecule has 1 amide bonds. The molecule has 0 radical (unpaired) electrons. The minimum absolute atomic E-state index is 0.0831. The van der Waals surface area contributed by atoms with Crippen molar-refractivity contribution >= 4 is 34.5 Å². The fourth-order valence-corrected chi connectivity index (χ4v) is 5.04. The molecule has 3 aromatic rings. The molecule has 2 heterocycles. The number of thiophene rings is 1. The molecule has 4 rings (SSSR count). The maximum Gasteiger partial charge on any atom is 0.416 e. The Morgan fingerprint density at radius 3 is 2.38 bits per heavy atom. The van der Waals surface area contributed by atoms with Gasteiger partial charge >= 0.3 is 6.18 Å². The van der Waals surface area contributed by atoms with Crippen molar-refractivity contribution in [2.75, 3.05) is 12.0 Å². The summed E-state index contributed by atoms with van der Waals surface area (Å²) in [4.78, 5) is 27.9. The highest BCUT2D eigenvalue weighted by atomic mass is 32.1. The Balaban J connectivity index is 1.95. The van der Waals surface area contributed by atoms with Crippen LogP contribution in [0.2, 0.25) is 0 Å². The number of amides is 1. The van der Waals surface area contributed by atoms with Crippen LogP contribution >= 0.6 is 11.3 Å². The molecule has 1 unspecified atom stereocenters. The van der Waals surface area contributed by atoms with Crippen LogP contribution in [-0.4, -0.2) is 23.9 Å². The summed E-state index contributed by atoms with van der Waals surface area (Å²) < 4.78 is 45.3. The van der Waals surface area contributed by atoms with Crippen LogP contribution in [0.4, 0.5) is 18.9 Å². The van der Waals surface area contributed by atoms with E-state index < -0.39 is 35.2 Å². The lowest BCUT2D eigenvalue weighted by Crippen LogP contribution is -2.29. The fourth-order valence-electron chi connectivity index (χ4n) is 4.02. The predicted octanol–water partition coefficient (Wildman–Crippen LogP) is 6.02. The molecule has 2 aromatic carbocycles.